The molecule has 7 heteroatoms. The van der Waals surface area contributed by atoms with Crippen LogP contribution >= 0.6 is 11.8 Å². The Hall–Kier alpha value is -2.67. The van der Waals surface area contributed by atoms with Gasteiger partial charge in [-0.3, -0.25) is 9.36 Å². The predicted molar refractivity (Wildman–Crippen MR) is 94.9 cm³/mol. The minimum Gasteiger partial charge on any atom is -0.351 e. The van der Waals surface area contributed by atoms with Crippen LogP contribution in [0.15, 0.2) is 66.1 Å². The Morgan fingerprint density at radius 3 is 2.68 bits per heavy atom. The highest BCUT2D eigenvalue weighted by Crippen LogP contribution is 2.23. The lowest BCUT2D eigenvalue weighted by Crippen LogP contribution is -2.30. The van der Waals surface area contributed by atoms with E-state index >= 15 is 0 Å². The van der Waals surface area contributed by atoms with E-state index in [0.717, 1.165) is 5.69 Å². The first-order valence-electron chi connectivity index (χ1n) is 7.78. The second-order valence-electron chi connectivity index (χ2n) is 5.39. The average molecular weight is 356 g/mol. The summed E-state index contributed by atoms with van der Waals surface area (Å²) in [6.45, 7) is 1.94. The Morgan fingerprint density at radius 2 is 1.92 bits per heavy atom. The summed E-state index contributed by atoms with van der Waals surface area (Å²) in [5.74, 6) is -0.511. The van der Waals surface area contributed by atoms with Gasteiger partial charge in [0.15, 0.2) is 5.16 Å². The molecule has 0 aliphatic rings. The van der Waals surface area contributed by atoms with E-state index in [0.29, 0.717) is 10.7 Å². The average Bonchev–Trinajstić information content (AvgIpc) is 3.09. The molecule has 0 aliphatic heterocycles. The second kappa shape index (κ2) is 7.94. The quantitative estimate of drug-likeness (QED) is 0.689. The summed E-state index contributed by atoms with van der Waals surface area (Å²) in [6, 6.07) is 16.1. The fourth-order valence-corrected chi connectivity index (χ4v) is 3.12. The maximum absolute atomic E-state index is 13.6. The molecule has 1 unspecified atom stereocenters. The molecular formula is C18H17FN4OS. The number of nitrogens with zero attached hydrogens (tertiary/aromatic N) is 3. The van der Waals surface area contributed by atoms with Crippen LogP contribution in [0.3, 0.4) is 0 Å². The first-order valence-corrected chi connectivity index (χ1v) is 8.66. The van der Waals surface area contributed by atoms with Crippen LogP contribution in [-0.4, -0.2) is 25.9 Å². The predicted octanol–water partition coefficient (Wildman–Crippen LogP) is 3.20. The first kappa shape index (κ1) is 17.2. The van der Waals surface area contributed by atoms with E-state index in [1.165, 1.54) is 17.8 Å². The van der Waals surface area contributed by atoms with E-state index < -0.39 is 5.25 Å². The molecule has 0 aliphatic carbocycles. The van der Waals surface area contributed by atoms with Gasteiger partial charge in [0.25, 0.3) is 0 Å². The van der Waals surface area contributed by atoms with Crippen LogP contribution in [0, 0.1) is 5.82 Å². The van der Waals surface area contributed by atoms with Gasteiger partial charge in [0.05, 0.1) is 5.25 Å². The zero-order valence-electron chi connectivity index (χ0n) is 13.6. The molecule has 0 saturated carbocycles. The number of carbonyl (C=O) groups excluding carboxylic acids is 1. The van der Waals surface area contributed by atoms with Crippen molar-refractivity contribution in [1.29, 1.82) is 0 Å². The number of benzene rings is 2. The maximum Gasteiger partial charge on any atom is 0.233 e. The van der Waals surface area contributed by atoms with E-state index in [1.54, 1.807) is 31.5 Å². The van der Waals surface area contributed by atoms with E-state index in [9.17, 15) is 9.18 Å². The van der Waals surface area contributed by atoms with Crippen molar-refractivity contribution in [2.75, 3.05) is 0 Å². The van der Waals surface area contributed by atoms with E-state index in [4.69, 9.17) is 0 Å². The highest BCUT2D eigenvalue weighted by Gasteiger charge is 2.18. The molecule has 0 spiro atoms. The summed E-state index contributed by atoms with van der Waals surface area (Å²) in [7, 11) is 0. The molecule has 0 bridgehead atoms. The summed E-state index contributed by atoms with van der Waals surface area (Å²) < 4.78 is 15.4. The van der Waals surface area contributed by atoms with Crippen molar-refractivity contribution in [3.8, 4) is 5.69 Å². The van der Waals surface area contributed by atoms with Gasteiger partial charge in [-0.2, -0.15) is 0 Å². The third kappa shape index (κ3) is 4.24. The van der Waals surface area contributed by atoms with Gasteiger partial charge in [-0.25, -0.2) is 4.39 Å². The molecule has 128 valence electrons. The fraction of sp³-hybridized carbons (Fsp3) is 0.167. The number of hydrogen-bond donors (Lipinski definition) is 1. The van der Waals surface area contributed by atoms with E-state index in [1.807, 2.05) is 34.9 Å². The van der Waals surface area contributed by atoms with Gasteiger partial charge in [-0.15, -0.1) is 10.2 Å². The number of amides is 1. The molecule has 1 heterocycles. The number of rotatable bonds is 6. The molecular weight excluding hydrogens is 339 g/mol. The minimum atomic E-state index is -0.390. The topological polar surface area (TPSA) is 59.8 Å². The number of para-hydroxylation sites is 1. The lowest BCUT2D eigenvalue weighted by Gasteiger charge is -2.12. The highest BCUT2D eigenvalue weighted by molar-refractivity contribution is 8.00. The van der Waals surface area contributed by atoms with Crippen LogP contribution in [0.1, 0.15) is 12.5 Å². The Bertz CT molecular complexity index is 853. The molecule has 3 rings (SSSR count). The summed E-state index contributed by atoms with van der Waals surface area (Å²) in [5.41, 5.74) is 1.38. The molecule has 1 atom stereocenters. The molecule has 25 heavy (non-hydrogen) atoms. The molecule has 0 saturated heterocycles. The largest absolute Gasteiger partial charge is 0.351 e. The standard InChI is InChI=1S/C18H17FN4OS/c1-13(17(24)20-11-14-7-5-6-10-16(14)19)25-18-22-21-12-23(18)15-8-3-2-4-9-15/h2-10,12-13H,11H2,1H3,(H,20,24). The lowest BCUT2D eigenvalue weighted by molar-refractivity contribution is -0.120. The maximum atomic E-state index is 13.6. The van der Waals surface area contributed by atoms with Crippen molar-refractivity contribution in [3.63, 3.8) is 0 Å². The van der Waals surface area contributed by atoms with Gasteiger partial charge in [0, 0.05) is 17.8 Å². The van der Waals surface area contributed by atoms with Crippen molar-refractivity contribution in [2.45, 2.75) is 23.9 Å². The minimum absolute atomic E-state index is 0.155. The third-order valence-corrected chi connectivity index (χ3v) is 4.67. The van der Waals surface area contributed by atoms with Crippen LogP contribution in [0.2, 0.25) is 0 Å². The zero-order valence-corrected chi connectivity index (χ0v) is 14.4. The number of halogens is 1. The lowest BCUT2D eigenvalue weighted by atomic mass is 10.2. The zero-order chi connectivity index (χ0) is 17.6. The summed E-state index contributed by atoms with van der Waals surface area (Å²) in [4.78, 5) is 12.3. The van der Waals surface area contributed by atoms with Gasteiger partial charge < -0.3 is 5.32 Å². The number of carbonyl (C=O) groups is 1. The Labute approximate surface area is 149 Å². The SMILES string of the molecule is CC(Sc1nncn1-c1ccccc1)C(=O)NCc1ccccc1F. The Kier molecular flexibility index (Phi) is 5.45. The normalized spacial score (nSPS) is 11.9. The van der Waals surface area contributed by atoms with Gasteiger partial charge in [0.2, 0.25) is 5.91 Å². The monoisotopic (exact) mass is 356 g/mol. The molecule has 1 amide bonds. The van der Waals surface area contributed by atoms with Crippen molar-refractivity contribution >= 4 is 17.7 Å². The molecule has 2 aromatic carbocycles. The van der Waals surface area contributed by atoms with Crippen LogP contribution in [-0.2, 0) is 11.3 Å². The van der Waals surface area contributed by atoms with Gasteiger partial charge >= 0.3 is 0 Å². The van der Waals surface area contributed by atoms with Crippen molar-refractivity contribution in [2.24, 2.45) is 0 Å². The highest BCUT2D eigenvalue weighted by atomic mass is 32.2. The number of thioether (sulfide) groups is 1. The van der Waals surface area contributed by atoms with Gasteiger partial charge in [-0.1, -0.05) is 48.2 Å². The molecule has 1 N–H and O–H groups in total. The molecule has 3 aromatic rings. The van der Waals surface area contributed by atoms with E-state index in [2.05, 4.69) is 15.5 Å². The van der Waals surface area contributed by atoms with Crippen LogP contribution in [0.5, 0.6) is 0 Å². The third-order valence-electron chi connectivity index (χ3n) is 3.61. The van der Waals surface area contributed by atoms with Crippen molar-refractivity contribution in [1.82, 2.24) is 20.1 Å². The smallest absolute Gasteiger partial charge is 0.233 e. The van der Waals surface area contributed by atoms with Crippen LogP contribution in [0.25, 0.3) is 5.69 Å². The molecule has 0 radical (unpaired) electrons. The Morgan fingerprint density at radius 1 is 1.20 bits per heavy atom. The summed E-state index contributed by atoms with van der Waals surface area (Å²) in [5, 5.41) is 11.0. The number of hydrogen-bond acceptors (Lipinski definition) is 4. The summed E-state index contributed by atoms with van der Waals surface area (Å²) >= 11 is 1.30. The molecule has 1 aromatic heterocycles. The van der Waals surface area contributed by atoms with Crippen LogP contribution in [0.4, 0.5) is 4.39 Å². The van der Waals surface area contributed by atoms with Crippen molar-refractivity contribution < 1.29 is 9.18 Å². The first-order chi connectivity index (χ1) is 12.1. The van der Waals surface area contributed by atoms with Gasteiger partial charge in [-0.05, 0) is 25.1 Å². The summed E-state index contributed by atoms with van der Waals surface area (Å²) in [6.07, 6.45) is 1.61. The second-order valence-corrected chi connectivity index (χ2v) is 6.70. The Balaban J connectivity index is 1.63. The molecule has 5 nitrogen and oxygen atoms in total. The fourth-order valence-electron chi connectivity index (χ4n) is 2.25. The van der Waals surface area contributed by atoms with E-state index in [-0.39, 0.29) is 18.3 Å². The number of nitrogens with one attached hydrogen (secondary N) is 1. The number of aromatic nitrogens is 3. The van der Waals surface area contributed by atoms with Crippen LogP contribution < -0.4 is 5.32 Å². The van der Waals surface area contributed by atoms with Crippen molar-refractivity contribution in [3.05, 3.63) is 72.3 Å². The van der Waals surface area contributed by atoms with Gasteiger partial charge in [0.1, 0.15) is 12.1 Å². The molecule has 0 fully saturated rings.